The zero-order chi connectivity index (χ0) is 16.9. The molecule has 1 aromatic rings. The lowest BCUT2D eigenvalue weighted by Gasteiger charge is -2.31. The highest BCUT2D eigenvalue weighted by molar-refractivity contribution is 7.89. The molecule has 1 aromatic heterocycles. The van der Waals surface area contributed by atoms with Crippen LogP contribution >= 0.6 is 0 Å². The van der Waals surface area contributed by atoms with E-state index in [2.05, 4.69) is 5.16 Å². The highest BCUT2D eigenvalue weighted by Gasteiger charge is 2.44. The van der Waals surface area contributed by atoms with Crippen molar-refractivity contribution in [2.45, 2.75) is 44.0 Å². The number of aromatic nitrogens is 1. The number of carbonyl (C=O) groups is 1. The molecule has 0 spiro atoms. The SMILES string of the molecule is Cc1noc(C)c1S(=O)(=O)N(C)[C@H]1C[C@H]2CC(=O)N(C)C[C@H]2C1. The first-order valence-electron chi connectivity index (χ1n) is 7.86. The van der Waals surface area contributed by atoms with Gasteiger partial charge in [0.1, 0.15) is 10.6 Å². The number of likely N-dealkylation sites (tertiary alicyclic amines) is 1. The first-order valence-corrected chi connectivity index (χ1v) is 9.30. The van der Waals surface area contributed by atoms with Gasteiger partial charge in [-0.1, -0.05) is 5.16 Å². The molecule has 0 unspecified atom stereocenters. The third kappa shape index (κ3) is 2.67. The van der Waals surface area contributed by atoms with Gasteiger partial charge in [0.2, 0.25) is 15.9 Å². The molecule has 0 radical (unpaired) electrons. The van der Waals surface area contributed by atoms with E-state index in [9.17, 15) is 13.2 Å². The zero-order valence-electron chi connectivity index (χ0n) is 13.9. The van der Waals surface area contributed by atoms with Crippen LogP contribution in [0.15, 0.2) is 9.42 Å². The molecule has 128 valence electrons. The molecule has 8 heteroatoms. The van der Waals surface area contributed by atoms with Gasteiger partial charge < -0.3 is 9.42 Å². The molecular formula is C15H23N3O4S. The first kappa shape index (κ1) is 16.4. The van der Waals surface area contributed by atoms with Gasteiger partial charge in [-0.25, -0.2) is 8.42 Å². The van der Waals surface area contributed by atoms with E-state index in [4.69, 9.17) is 4.52 Å². The summed E-state index contributed by atoms with van der Waals surface area (Å²) < 4.78 is 32.3. The summed E-state index contributed by atoms with van der Waals surface area (Å²) in [6, 6.07) is -0.0806. The van der Waals surface area contributed by atoms with Gasteiger partial charge in [-0.15, -0.1) is 0 Å². The number of piperidine rings is 1. The van der Waals surface area contributed by atoms with Crippen LogP contribution in [0, 0.1) is 25.7 Å². The summed E-state index contributed by atoms with van der Waals surface area (Å²) in [6.45, 7) is 3.97. The van der Waals surface area contributed by atoms with Crippen molar-refractivity contribution in [3.63, 3.8) is 0 Å². The molecule has 1 aliphatic carbocycles. The molecule has 2 fully saturated rings. The quantitative estimate of drug-likeness (QED) is 0.824. The van der Waals surface area contributed by atoms with Gasteiger partial charge in [-0.2, -0.15) is 4.31 Å². The molecule has 1 saturated carbocycles. The predicted octanol–water partition coefficient (Wildman–Crippen LogP) is 1.17. The second-order valence-electron chi connectivity index (χ2n) is 6.80. The highest BCUT2D eigenvalue weighted by atomic mass is 32.2. The first-order chi connectivity index (χ1) is 10.7. The molecular weight excluding hydrogens is 318 g/mol. The third-order valence-electron chi connectivity index (χ3n) is 5.31. The molecule has 1 saturated heterocycles. The Balaban J connectivity index is 1.82. The number of carbonyl (C=O) groups excluding carboxylic acids is 1. The minimum Gasteiger partial charge on any atom is -0.360 e. The van der Waals surface area contributed by atoms with E-state index in [-0.39, 0.29) is 22.8 Å². The molecule has 1 amide bonds. The Hall–Kier alpha value is -1.41. The van der Waals surface area contributed by atoms with E-state index in [0.29, 0.717) is 23.8 Å². The number of hydrogen-bond acceptors (Lipinski definition) is 5. The summed E-state index contributed by atoms with van der Waals surface area (Å²) >= 11 is 0. The van der Waals surface area contributed by atoms with E-state index >= 15 is 0 Å². The van der Waals surface area contributed by atoms with E-state index in [1.54, 1.807) is 25.8 Å². The number of rotatable bonds is 3. The molecule has 23 heavy (non-hydrogen) atoms. The van der Waals surface area contributed by atoms with Gasteiger partial charge in [0.25, 0.3) is 0 Å². The second-order valence-corrected chi connectivity index (χ2v) is 8.73. The van der Waals surface area contributed by atoms with Gasteiger partial charge in [-0.3, -0.25) is 4.79 Å². The minimum absolute atomic E-state index is 0.0806. The maximum Gasteiger partial charge on any atom is 0.248 e. The summed E-state index contributed by atoms with van der Waals surface area (Å²) in [6.07, 6.45) is 2.06. The lowest BCUT2D eigenvalue weighted by Crippen LogP contribution is -2.40. The van der Waals surface area contributed by atoms with Gasteiger partial charge >= 0.3 is 0 Å². The maximum absolute atomic E-state index is 12.9. The molecule has 2 aliphatic rings. The molecule has 1 aliphatic heterocycles. The maximum atomic E-state index is 12.9. The summed E-state index contributed by atoms with van der Waals surface area (Å²) in [5.41, 5.74) is 0.389. The van der Waals surface area contributed by atoms with Crippen molar-refractivity contribution in [2.24, 2.45) is 11.8 Å². The van der Waals surface area contributed by atoms with E-state index < -0.39 is 10.0 Å². The van der Waals surface area contributed by atoms with Crippen molar-refractivity contribution >= 4 is 15.9 Å². The van der Waals surface area contributed by atoms with E-state index in [1.807, 2.05) is 7.05 Å². The van der Waals surface area contributed by atoms with Gasteiger partial charge in [0, 0.05) is 33.1 Å². The fraction of sp³-hybridized carbons (Fsp3) is 0.733. The standard InChI is InChI=1S/C15H23N3O4S/c1-9-15(10(2)22-16-9)23(20,21)18(4)13-5-11-7-14(19)17(3)8-12(11)6-13/h11-13H,5-8H2,1-4H3/t11-,12+,13-/m0/s1. The van der Waals surface area contributed by atoms with E-state index in [0.717, 1.165) is 19.4 Å². The number of fused-ring (bicyclic) bond motifs is 1. The second kappa shape index (κ2) is 5.59. The molecule has 2 heterocycles. The lowest BCUT2D eigenvalue weighted by molar-refractivity contribution is -0.134. The molecule has 3 atom stereocenters. The number of amides is 1. The Labute approximate surface area is 136 Å². The summed E-state index contributed by atoms with van der Waals surface area (Å²) in [7, 11) is -0.196. The van der Waals surface area contributed by atoms with E-state index in [1.165, 1.54) is 4.31 Å². The smallest absolute Gasteiger partial charge is 0.248 e. The molecule has 3 rings (SSSR count). The van der Waals surface area contributed by atoms with Crippen LogP contribution in [-0.2, 0) is 14.8 Å². The normalized spacial score (nSPS) is 28.5. The van der Waals surface area contributed by atoms with Crippen LogP contribution in [0.3, 0.4) is 0 Å². The Bertz CT molecular complexity index is 708. The van der Waals surface area contributed by atoms with Crippen LogP contribution in [0.1, 0.15) is 30.7 Å². The van der Waals surface area contributed by atoms with Crippen LogP contribution in [0.25, 0.3) is 0 Å². The Morgan fingerprint density at radius 1 is 1.26 bits per heavy atom. The van der Waals surface area contributed by atoms with Gasteiger partial charge in [0.05, 0.1) is 0 Å². The monoisotopic (exact) mass is 341 g/mol. The number of hydrogen-bond donors (Lipinski definition) is 0. The van der Waals surface area contributed by atoms with Gasteiger partial charge in [-0.05, 0) is 38.5 Å². The molecule has 0 bridgehead atoms. The van der Waals surface area contributed by atoms with Crippen molar-refractivity contribution < 1.29 is 17.7 Å². The Kier molecular flexibility index (Phi) is 4.00. The van der Waals surface area contributed by atoms with Crippen LogP contribution in [-0.4, -0.2) is 55.4 Å². The number of nitrogens with zero attached hydrogens (tertiary/aromatic N) is 3. The van der Waals surface area contributed by atoms with Crippen LogP contribution in [0.5, 0.6) is 0 Å². The zero-order valence-corrected chi connectivity index (χ0v) is 14.8. The molecule has 0 aromatic carbocycles. The van der Waals surface area contributed by atoms with Crippen LogP contribution in [0.2, 0.25) is 0 Å². The molecule has 7 nitrogen and oxygen atoms in total. The lowest BCUT2D eigenvalue weighted by atomic mass is 9.88. The minimum atomic E-state index is -3.63. The van der Waals surface area contributed by atoms with Crippen LogP contribution in [0.4, 0.5) is 0 Å². The topological polar surface area (TPSA) is 83.7 Å². The van der Waals surface area contributed by atoms with Crippen molar-refractivity contribution in [2.75, 3.05) is 20.6 Å². The fourth-order valence-corrected chi connectivity index (χ4v) is 5.63. The fourth-order valence-electron chi connectivity index (χ4n) is 3.97. The van der Waals surface area contributed by atoms with Crippen molar-refractivity contribution in [1.29, 1.82) is 0 Å². The van der Waals surface area contributed by atoms with Crippen molar-refractivity contribution in [3.05, 3.63) is 11.5 Å². The highest BCUT2D eigenvalue weighted by Crippen LogP contribution is 2.41. The van der Waals surface area contributed by atoms with Crippen molar-refractivity contribution in [3.8, 4) is 0 Å². The Morgan fingerprint density at radius 2 is 1.91 bits per heavy atom. The predicted molar refractivity (Wildman–Crippen MR) is 83.2 cm³/mol. The summed E-state index contributed by atoms with van der Waals surface area (Å²) in [5.74, 6) is 1.14. The van der Waals surface area contributed by atoms with Crippen molar-refractivity contribution in [1.82, 2.24) is 14.4 Å². The molecule has 0 N–H and O–H groups in total. The number of aryl methyl sites for hydroxylation is 2. The van der Waals surface area contributed by atoms with Crippen LogP contribution < -0.4 is 0 Å². The Morgan fingerprint density at radius 3 is 2.52 bits per heavy atom. The number of sulfonamides is 1. The summed E-state index contributed by atoms with van der Waals surface area (Å²) in [4.78, 5) is 13.8. The van der Waals surface area contributed by atoms with Gasteiger partial charge in [0.15, 0.2) is 5.76 Å². The average Bonchev–Trinajstić information content (AvgIpc) is 3.02. The average molecular weight is 341 g/mol. The third-order valence-corrected chi connectivity index (χ3v) is 7.46. The summed E-state index contributed by atoms with van der Waals surface area (Å²) in [5, 5.41) is 3.75. The largest absolute Gasteiger partial charge is 0.360 e.